The lowest BCUT2D eigenvalue weighted by Gasteiger charge is -2.37. The molecule has 1 atom stereocenters. The molecule has 1 aliphatic heterocycles. The van der Waals surface area contributed by atoms with Crippen molar-refractivity contribution in [3.05, 3.63) is 23.4 Å². The number of hydrogen-bond acceptors (Lipinski definition) is 4. The van der Waals surface area contributed by atoms with Gasteiger partial charge in [0.05, 0.1) is 5.02 Å². The van der Waals surface area contributed by atoms with Crippen LogP contribution in [-0.4, -0.2) is 68.2 Å². The van der Waals surface area contributed by atoms with Crippen molar-refractivity contribution in [1.29, 1.82) is 0 Å². The molecule has 1 saturated heterocycles. The van der Waals surface area contributed by atoms with Crippen LogP contribution >= 0.6 is 35.6 Å². The lowest BCUT2D eigenvalue weighted by Crippen LogP contribution is -2.54. The zero-order chi connectivity index (χ0) is 18.6. The lowest BCUT2D eigenvalue weighted by atomic mass is 9.96. The molecule has 1 unspecified atom stereocenters. The molecule has 2 fully saturated rings. The van der Waals surface area contributed by atoms with Crippen LogP contribution in [-0.2, 0) is 0 Å². The van der Waals surface area contributed by atoms with Crippen molar-refractivity contribution in [3.63, 3.8) is 0 Å². The predicted molar refractivity (Wildman–Crippen MR) is 125 cm³/mol. The summed E-state index contributed by atoms with van der Waals surface area (Å²) in [6.07, 6.45) is 7.97. The maximum absolute atomic E-state index is 6.29. The molecule has 27 heavy (non-hydrogen) atoms. The number of hydrogen-bond donors (Lipinski definition) is 2. The van der Waals surface area contributed by atoms with Gasteiger partial charge in [0, 0.05) is 44.5 Å². The number of rotatable bonds is 5. The van der Waals surface area contributed by atoms with Gasteiger partial charge in [0.1, 0.15) is 5.82 Å². The smallest absolute Gasteiger partial charge is 0.191 e. The fourth-order valence-electron chi connectivity index (χ4n) is 4.13. The van der Waals surface area contributed by atoms with Crippen molar-refractivity contribution < 1.29 is 0 Å². The molecule has 3 rings (SSSR count). The molecule has 0 radical (unpaired) electrons. The molecule has 2 heterocycles. The Morgan fingerprint density at radius 3 is 2.78 bits per heavy atom. The largest absolute Gasteiger partial charge is 0.355 e. The second-order valence-electron chi connectivity index (χ2n) is 7.64. The van der Waals surface area contributed by atoms with Gasteiger partial charge in [-0.1, -0.05) is 24.4 Å². The summed E-state index contributed by atoms with van der Waals surface area (Å²) in [4.78, 5) is 13.5. The second-order valence-corrected chi connectivity index (χ2v) is 8.04. The van der Waals surface area contributed by atoms with Crippen LogP contribution in [0.3, 0.4) is 0 Å². The van der Waals surface area contributed by atoms with Gasteiger partial charge in [-0.3, -0.25) is 4.99 Å². The first-order valence-electron chi connectivity index (χ1n) is 9.54. The Hall–Kier alpha value is -0.800. The first-order chi connectivity index (χ1) is 12.5. The maximum atomic E-state index is 6.29. The average molecular weight is 507 g/mol. The van der Waals surface area contributed by atoms with E-state index in [0.717, 1.165) is 37.8 Å². The third-order valence-electron chi connectivity index (χ3n) is 5.86. The van der Waals surface area contributed by atoms with Crippen LogP contribution in [0.25, 0.3) is 0 Å². The van der Waals surface area contributed by atoms with Gasteiger partial charge in [-0.2, -0.15) is 0 Å². The minimum atomic E-state index is 0. The number of aromatic nitrogens is 1. The van der Waals surface area contributed by atoms with Crippen LogP contribution in [0.1, 0.15) is 32.1 Å². The van der Waals surface area contributed by atoms with Crippen LogP contribution < -0.4 is 15.5 Å². The molecule has 0 bridgehead atoms. The van der Waals surface area contributed by atoms with Crippen molar-refractivity contribution >= 4 is 47.4 Å². The fourth-order valence-corrected chi connectivity index (χ4v) is 4.37. The van der Waals surface area contributed by atoms with Crippen LogP contribution in [0.4, 0.5) is 5.82 Å². The van der Waals surface area contributed by atoms with E-state index in [1.165, 1.54) is 25.7 Å². The molecule has 2 aliphatic rings. The highest BCUT2D eigenvalue weighted by molar-refractivity contribution is 14.0. The van der Waals surface area contributed by atoms with E-state index in [1.54, 1.807) is 6.20 Å². The van der Waals surface area contributed by atoms with E-state index in [0.29, 0.717) is 11.1 Å². The highest BCUT2D eigenvalue weighted by Crippen LogP contribution is 2.33. The first kappa shape index (κ1) is 22.5. The molecule has 1 saturated carbocycles. The Kier molecular flexibility index (Phi) is 8.42. The molecular weight excluding hydrogens is 475 g/mol. The quantitative estimate of drug-likeness (QED) is 0.365. The van der Waals surface area contributed by atoms with Crippen LogP contribution in [0.5, 0.6) is 0 Å². The topological polar surface area (TPSA) is 55.8 Å². The molecule has 2 N–H and O–H groups in total. The molecule has 1 aliphatic carbocycles. The van der Waals surface area contributed by atoms with Crippen molar-refractivity contribution in [1.82, 2.24) is 20.5 Å². The number of nitrogens with one attached hydrogen (secondary N) is 2. The molecule has 0 amide bonds. The number of aliphatic imine (C=N–C) groups is 1. The summed E-state index contributed by atoms with van der Waals surface area (Å²) in [6, 6.07) is 4.11. The fraction of sp³-hybridized carbons (Fsp3) is 0.684. The third-order valence-corrected chi connectivity index (χ3v) is 6.15. The minimum Gasteiger partial charge on any atom is -0.355 e. The van der Waals surface area contributed by atoms with E-state index in [9.17, 15) is 0 Å². The molecular formula is C19H32ClIN6. The molecule has 8 heteroatoms. The van der Waals surface area contributed by atoms with Gasteiger partial charge in [0.25, 0.3) is 0 Å². The summed E-state index contributed by atoms with van der Waals surface area (Å²) in [6.45, 7) is 2.77. The van der Waals surface area contributed by atoms with E-state index >= 15 is 0 Å². The Labute approximate surface area is 185 Å². The SMILES string of the molecule is CN=C(NCC1(N(C)C)CCCC1)NC1CCN(c2ncccc2Cl)C1.I. The van der Waals surface area contributed by atoms with E-state index in [2.05, 4.69) is 44.5 Å². The summed E-state index contributed by atoms with van der Waals surface area (Å²) in [7, 11) is 6.22. The Morgan fingerprint density at radius 1 is 1.41 bits per heavy atom. The van der Waals surface area contributed by atoms with Crippen molar-refractivity contribution in [2.45, 2.75) is 43.7 Å². The Bertz CT molecular complexity index is 632. The number of guanidine groups is 1. The summed E-state index contributed by atoms with van der Waals surface area (Å²) in [5, 5.41) is 7.85. The van der Waals surface area contributed by atoms with Crippen molar-refractivity contribution in [2.24, 2.45) is 4.99 Å². The zero-order valence-electron chi connectivity index (χ0n) is 16.5. The lowest BCUT2D eigenvalue weighted by molar-refractivity contribution is 0.160. The number of halogens is 2. The van der Waals surface area contributed by atoms with E-state index in [1.807, 2.05) is 19.2 Å². The standard InChI is InChI=1S/C19H31ClN6.HI/c1-21-18(23-14-19(25(2)3)9-4-5-10-19)24-15-8-12-26(13-15)17-16(20)7-6-11-22-17;/h6-7,11,15H,4-5,8-10,12-14H2,1-3H3,(H2,21,23,24);1H. The van der Waals surface area contributed by atoms with Gasteiger partial charge >= 0.3 is 0 Å². The van der Waals surface area contributed by atoms with Gasteiger partial charge in [0.2, 0.25) is 0 Å². The molecule has 0 spiro atoms. The predicted octanol–water partition coefficient (Wildman–Crippen LogP) is 2.97. The Morgan fingerprint density at radius 2 is 2.15 bits per heavy atom. The average Bonchev–Trinajstić information content (AvgIpc) is 3.29. The van der Waals surface area contributed by atoms with Crippen LogP contribution in [0.15, 0.2) is 23.3 Å². The summed E-state index contributed by atoms with van der Waals surface area (Å²) >= 11 is 6.29. The third kappa shape index (κ3) is 5.38. The Balaban J connectivity index is 0.00000261. The maximum Gasteiger partial charge on any atom is 0.191 e. The normalized spacial score (nSPS) is 22.0. The highest BCUT2D eigenvalue weighted by atomic mass is 127. The van der Waals surface area contributed by atoms with Gasteiger partial charge in [-0.05, 0) is 45.5 Å². The highest BCUT2D eigenvalue weighted by Gasteiger charge is 2.36. The minimum absolute atomic E-state index is 0. The van der Waals surface area contributed by atoms with Gasteiger partial charge in [0.15, 0.2) is 5.96 Å². The van der Waals surface area contributed by atoms with Gasteiger partial charge in [-0.25, -0.2) is 4.98 Å². The molecule has 152 valence electrons. The van der Waals surface area contributed by atoms with Crippen LogP contribution in [0, 0.1) is 0 Å². The van der Waals surface area contributed by atoms with E-state index < -0.39 is 0 Å². The summed E-state index contributed by atoms with van der Waals surface area (Å²) < 4.78 is 0. The molecule has 1 aromatic heterocycles. The first-order valence-corrected chi connectivity index (χ1v) is 9.92. The zero-order valence-corrected chi connectivity index (χ0v) is 19.6. The van der Waals surface area contributed by atoms with Gasteiger partial charge < -0.3 is 20.4 Å². The van der Waals surface area contributed by atoms with E-state index in [4.69, 9.17) is 11.6 Å². The summed E-state index contributed by atoms with van der Waals surface area (Å²) in [5.41, 5.74) is 0.251. The molecule has 6 nitrogen and oxygen atoms in total. The number of likely N-dealkylation sites (N-methyl/N-ethyl adjacent to an activating group) is 1. The number of nitrogens with zero attached hydrogens (tertiary/aromatic N) is 4. The van der Waals surface area contributed by atoms with Crippen molar-refractivity contribution in [3.8, 4) is 0 Å². The number of pyridine rings is 1. The molecule has 1 aromatic rings. The van der Waals surface area contributed by atoms with E-state index in [-0.39, 0.29) is 29.5 Å². The monoisotopic (exact) mass is 506 g/mol. The number of anilines is 1. The van der Waals surface area contributed by atoms with Crippen molar-refractivity contribution in [2.75, 3.05) is 45.7 Å². The summed E-state index contributed by atoms with van der Waals surface area (Å²) in [5.74, 6) is 1.76. The van der Waals surface area contributed by atoms with Gasteiger partial charge in [-0.15, -0.1) is 24.0 Å². The molecule has 0 aromatic carbocycles. The van der Waals surface area contributed by atoms with Crippen LogP contribution in [0.2, 0.25) is 5.02 Å². The second kappa shape index (κ2) is 10.1.